The van der Waals surface area contributed by atoms with Gasteiger partial charge in [0.25, 0.3) is 6.47 Å². The third-order valence-electron chi connectivity index (χ3n) is 5.01. The lowest BCUT2D eigenvalue weighted by molar-refractivity contribution is -0.152. The summed E-state index contributed by atoms with van der Waals surface area (Å²) >= 11 is 0. The average molecular weight is 493 g/mol. The fourth-order valence-corrected chi connectivity index (χ4v) is 3.23. The van der Waals surface area contributed by atoms with Gasteiger partial charge in [-0.3, -0.25) is 9.59 Å². The molecule has 0 N–H and O–H groups in total. The molecule has 2 heterocycles. The predicted octanol–water partition coefficient (Wildman–Crippen LogP) is 0.638. The summed E-state index contributed by atoms with van der Waals surface area (Å²) in [7, 11) is 3.25. The summed E-state index contributed by atoms with van der Waals surface area (Å²) in [5, 5.41) is 0. The van der Waals surface area contributed by atoms with Gasteiger partial charge in [-0.05, 0) is 0 Å². The third kappa shape index (κ3) is 13.3. The highest BCUT2D eigenvalue weighted by molar-refractivity contribution is 5.75. The van der Waals surface area contributed by atoms with E-state index in [1.807, 2.05) is 19.1 Å². The van der Waals surface area contributed by atoms with Gasteiger partial charge in [-0.25, -0.2) is 0 Å². The highest BCUT2D eigenvalue weighted by Gasteiger charge is 2.47. The van der Waals surface area contributed by atoms with E-state index in [9.17, 15) is 9.59 Å². The van der Waals surface area contributed by atoms with Gasteiger partial charge in [0.05, 0.1) is 84.2 Å². The number of ether oxygens (including phenoxy) is 9. The molecular formula is C23H40O11. The zero-order valence-electron chi connectivity index (χ0n) is 20.5. The fourth-order valence-electron chi connectivity index (χ4n) is 3.23. The zero-order valence-corrected chi connectivity index (χ0v) is 20.5. The fraction of sp³-hybridized carbons (Fsp3) is 0.826. The highest BCUT2D eigenvalue weighted by atomic mass is 16.6. The SMILES string of the molecule is COCCOCCOCCOC(=O)C1C2C=CC(O2)C1C.COCCOCCOCCOC=O. The lowest BCUT2D eigenvalue weighted by atomic mass is 9.84. The predicted molar refractivity (Wildman–Crippen MR) is 120 cm³/mol. The minimum atomic E-state index is -0.195. The largest absolute Gasteiger partial charge is 0.465 e. The van der Waals surface area contributed by atoms with Gasteiger partial charge in [0.15, 0.2) is 0 Å². The molecule has 0 aromatic carbocycles. The van der Waals surface area contributed by atoms with Crippen LogP contribution in [-0.4, -0.2) is 118 Å². The van der Waals surface area contributed by atoms with Gasteiger partial charge in [-0.2, -0.15) is 0 Å². The highest BCUT2D eigenvalue weighted by Crippen LogP contribution is 2.39. The van der Waals surface area contributed by atoms with Crippen LogP contribution in [0, 0.1) is 11.8 Å². The van der Waals surface area contributed by atoms with E-state index in [2.05, 4.69) is 4.74 Å². The monoisotopic (exact) mass is 492 g/mol. The molecule has 198 valence electrons. The van der Waals surface area contributed by atoms with Gasteiger partial charge in [0.1, 0.15) is 13.2 Å². The van der Waals surface area contributed by atoms with Crippen LogP contribution in [0.4, 0.5) is 0 Å². The molecule has 34 heavy (non-hydrogen) atoms. The number of fused-ring (bicyclic) bond motifs is 2. The van der Waals surface area contributed by atoms with E-state index < -0.39 is 0 Å². The second-order valence-corrected chi connectivity index (χ2v) is 7.40. The van der Waals surface area contributed by atoms with E-state index in [4.69, 9.17) is 37.9 Å². The summed E-state index contributed by atoms with van der Waals surface area (Å²) < 4.78 is 45.7. The van der Waals surface area contributed by atoms with Crippen LogP contribution in [0.25, 0.3) is 0 Å². The minimum Gasteiger partial charge on any atom is -0.465 e. The lowest BCUT2D eigenvalue weighted by Crippen LogP contribution is -2.31. The van der Waals surface area contributed by atoms with Crippen LogP contribution in [0.5, 0.6) is 0 Å². The van der Waals surface area contributed by atoms with E-state index in [0.717, 1.165) is 0 Å². The molecule has 0 saturated carbocycles. The topological polar surface area (TPSA) is 117 Å². The van der Waals surface area contributed by atoms with E-state index in [0.29, 0.717) is 79.1 Å². The molecule has 0 aliphatic carbocycles. The first-order valence-electron chi connectivity index (χ1n) is 11.5. The van der Waals surface area contributed by atoms with Crippen molar-refractivity contribution in [2.24, 2.45) is 11.8 Å². The van der Waals surface area contributed by atoms with Gasteiger partial charge in [0, 0.05) is 20.1 Å². The molecule has 0 aromatic rings. The molecule has 2 aliphatic rings. The number of methoxy groups -OCH3 is 2. The Kier molecular flexibility index (Phi) is 18.6. The summed E-state index contributed by atoms with van der Waals surface area (Å²) in [6.07, 6.45) is 3.91. The molecule has 0 aromatic heterocycles. The van der Waals surface area contributed by atoms with Gasteiger partial charge < -0.3 is 42.6 Å². The van der Waals surface area contributed by atoms with Gasteiger partial charge in [0.2, 0.25) is 0 Å². The molecule has 4 unspecified atom stereocenters. The smallest absolute Gasteiger partial charge is 0.312 e. The molecule has 1 fully saturated rings. The number of carbonyl (C=O) groups excluding carboxylic acids is 2. The van der Waals surface area contributed by atoms with Crippen molar-refractivity contribution in [1.29, 1.82) is 0 Å². The zero-order chi connectivity index (χ0) is 24.9. The van der Waals surface area contributed by atoms with Crippen molar-refractivity contribution < 1.29 is 52.2 Å². The van der Waals surface area contributed by atoms with Crippen molar-refractivity contribution in [2.75, 3.05) is 93.5 Å². The van der Waals surface area contributed by atoms with Crippen molar-refractivity contribution in [3.63, 3.8) is 0 Å². The molecule has 0 amide bonds. The van der Waals surface area contributed by atoms with E-state index in [1.165, 1.54) is 0 Å². The Morgan fingerprint density at radius 1 is 0.735 bits per heavy atom. The Morgan fingerprint density at radius 3 is 1.68 bits per heavy atom. The molecule has 11 nitrogen and oxygen atoms in total. The van der Waals surface area contributed by atoms with Crippen LogP contribution in [0.1, 0.15) is 6.92 Å². The quantitative estimate of drug-likeness (QED) is 0.103. The molecule has 0 radical (unpaired) electrons. The molecule has 2 rings (SSSR count). The van der Waals surface area contributed by atoms with Crippen LogP contribution in [-0.2, 0) is 52.2 Å². The van der Waals surface area contributed by atoms with E-state index >= 15 is 0 Å². The molecule has 4 atom stereocenters. The molecule has 2 bridgehead atoms. The molecule has 1 saturated heterocycles. The summed E-state index contributed by atoms with van der Waals surface area (Å²) in [5.74, 6) is -0.195. The lowest BCUT2D eigenvalue weighted by Gasteiger charge is -2.19. The molecule has 2 aliphatic heterocycles. The molecule has 11 heteroatoms. The van der Waals surface area contributed by atoms with E-state index in [1.54, 1.807) is 14.2 Å². The first-order valence-corrected chi connectivity index (χ1v) is 11.5. The van der Waals surface area contributed by atoms with Gasteiger partial charge in [-0.15, -0.1) is 0 Å². The molecular weight excluding hydrogens is 452 g/mol. The number of hydrogen-bond donors (Lipinski definition) is 0. The average Bonchev–Trinajstić information content (AvgIpc) is 3.44. The maximum Gasteiger partial charge on any atom is 0.312 e. The Morgan fingerprint density at radius 2 is 1.21 bits per heavy atom. The van der Waals surface area contributed by atoms with Crippen LogP contribution in [0.15, 0.2) is 12.2 Å². The van der Waals surface area contributed by atoms with Crippen molar-refractivity contribution in [1.82, 2.24) is 0 Å². The maximum atomic E-state index is 12.0. The van der Waals surface area contributed by atoms with Crippen LogP contribution < -0.4 is 0 Å². The summed E-state index contributed by atoms with van der Waals surface area (Å²) in [6, 6.07) is 0. The van der Waals surface area contributed by atoms with Crippen LogP contribution in [0.2, 0.25) is 0 Å². The summed E-state index contributed by atoms with van der Waals surface area (Å²) in [6.45, 7) is 8.11. The third-order valence-corrected chi connectivity index (χ3v) is 5.01. The normalized spacial score (nSPS) is 22.3. The van der Waals surface area contributed by atoms with Gasteiger partial charge in [-0.1, -0.05) is 19.1 Å². The van der Waals surface area contributed by atoms with Crippen LogP contribution >= 0.6 is 0 Å². The van der Waals surface area contributed by atoms with Crippen molar-refractivity contribution in [3.8, 4) is 0 Å². The first kappa shape index (κ1) is 30.4. The van der Waals surface area contributed by atoms with Crippen molar-refractivity contribution in [3.05, 3.63) is 12.2 Å². The number of hydrogen-bond acceptors (Lipinski definition) is 11. The Hall–Kier alpha value is -1.60. The molecule has 0 spiro atoms. The Bertz CT molecular complexity index is 543. The maximum absolute atomic E-state index is 12.0. The summed E-state index contributed by atoms with van der Waals surface area (Å²) in [5.41, 5.74) is 0. The van der Waals surface area contributed by atoms with Crippen molar-refractivity contribution >= 4 is 12.4 Å². The number of carbonyl (C=O) groups is 2. The standard InChI is InChI=1S/C15H24O6.C8H16O5/c1-11-12-3-4-13(21-12)14(11)15(16)20-10-9-19-8-7-18-6-5-17-2;1-10-2-3-11-4-5-12-6-7-13-8-9/h3-4,11-14H,5-10H2,1-2H3;8H,2-7H2,1H3. The Balaban J connectivity index is 0.000000385. The first-order chi connectivity index (χ1) is 16.7. The van der Waals surface area contributed by atoms with Crippen molar-refractivity contribution in [2.45, 2.75) is 19.1 Å². The van der Waals surface area contributed by atoms with Gasteiger partial charge >= 0.3 is 5.97 Å². The Labute approximate surface area is 201 Å². The van der Waals surface area contributed by atoms with Crippen LogP contribution in [0.3, 0.4) is 0 Å². The second-order valence-electron chi connectivity index (χ2n) is 7.40. The second kappa shape index (κ2) is 20.7. The number of rotatable bonds is 20. The number of esters is 1. The summed E-state index contributed by atoms with van der Waals surface area (Å²) in [4.78, 5) is 21.7. The minimum absolute atomic E-state index is 0.0630. The van der Waals surface area contributed by atoms with E-state index in [-0.39, 0.29) is 36.6 Å².